The van der Waals surface area contributed by atoms with Gasteiger partial charge in [0.15, 0.2) is 0 Å². The molecule has 0 N–H and O–H groups in total. The Morgan fingerprint density at radius 1 is 0.451 bits per heavy atom. The lowest BCUT2D eigenvalue weighted by molar-refractivity contribution is 0.664. The summed E-state index contributed by atoms with van der Waals surface area (Å²) in [5, 5.41) is 7.50. The third kappa shape index (κ3) is 4.90. The quantitative estimate of drug-likeness (QED) is 0.160. The Bertz CT molecular complexity index is 4500. The second-order valence-electron chi connectivity index (χ2n) is 21.6. The summed E-state index contributed by atoms with van der Waals surface area (Å²) in [5.74, 6) is -1.69. The van der Waals surface area contributed by atoms with E-state index in [4.69, 9.17) is 0 Å². The molecular weight excluding hydrogens is 858 g/mol. The molecule has 0 atom stereocenters. The third-order valence-corrected chi connectivity index (χ3v) is 17.1. The monoisotopic (exact) mass is 909 g/mol. The lowest BCUT2D eigenvalue weighted by Gasteiger charge is -2.41. The number of benzene rings is 10. The number of anilines is 3. The Morgan fingerprint density at radius 3 is 1.92 bits per heavy atom. The van der Waals surface area contributed by atoms with Crippen LogP contribution >= 0.6 is 0 Å². The molecule has 10 aromatic carbocycles. The number of fused-ring (bicyclic) bond motifs is 14. The number of rotatable bonds is 4. The maximum Gasteiger partial charge on any atom is 0.252 e. The first-order valence-electron chi connectivity index (χ1n) is 26.3. The third-order valence-electron chi connectivity index (χ3n) is 17.1. The molecule has 0 spiro atoms. The van der Waals surface area contributed by atoms with Gasteiger partial charge < -0.3 is 14.0 Å². The standard InChI is InChI=1S/C67H50BN3/c1-37(2)40-27-30-55-53(33-40)68-54-34-41(38(3)4)32-51-50-29-28-49-46-21-12-13-24-52(46)67(5,6)63(49)66(50)71(65(51)54)59-36-43(35-58(64(59)68)69(55)42-17-8-7-9-18-42)70-56-25-15-23-48-45-20-11-10-19-44(45)47-22-14-16-39-26-31-57(70)62(60(39)47)61(48)56/h7-38H,1-6H3/i37D,38D. The summed E-state index contributed by atoms with van der Waals surface area (Å²) in [6.07, 6.45) is 0. The van der Waals surface area contributed by atoms with Crippen LogP contribution in [0.25, 0.3) is 99.1 Å². The van der Waals surface area contributed by atoms with E-state index in [2.05, 4.69) is 210 Å². The Hall–Kier alpha value is -8.08. The van der Waals surface area contributed by atoms with E-state index in [9.17, 15) is 2.74 Å². The highest BCUT2D eigenvalue weighted by Crippen LogP contribution is 2.55. The van der Waals surface area contributed by atoms with Gasteiger partial charge in [0.05, 0.1) is 22.2 Å². The van der Waals surface area contributed by atoms with Crippen LogP contribution in [0, 0.1) is 0 Å². The van der Waals surface area contributed by atoms with Crippen LogP contribution in [0.4, 0.5) is 17.1 Å². The van der Waals surface area contributed by atoms with E-state index < -0.39 is 11.8 Å². The zero-order valence-corrected chi connectivity index (χ0v) is 40.7. The fourth-order valence-electron chi connectivity index (χ4n) is 14.0. The molecule has 0 radical (unpaired) electrons. The Labute approximate surface area is 417 Å². The summed E-state index contributed by atoms with van der Waals surface area (Å²) in [7, 11) is 0. The first-order valence-corrected chi connectivity index (χ1v) is 25.3. The molecule has 2 aliphatic carbocycles. The zero-order chi connectivity index (χ0) is 49.2. The van der Waals surface area contributed by atoms with E-state index >= 15 is 0 Å². The minimum Gasteiger partial charge on any atom is -0.311 e. The van der Waals surface area contributed by atoms with Gasteiger partial charge in [-0.3, -0.25) is 0 Å². The zero-order valence-electron chi connectivity index (χ0n) is 42.7. The van der Waals surface area contributed by atoms with Crippen molar-refractivity contribution in [2.45, 2.75) is 58.7 Å². The molecule has 3 nitrogen and oxygen atoms in total. The lowest BCUT2D eigenvalue weighted by Crippen LogP contribution is -2.60. The molecule has 4 aliphatic rings. The van der Waals surface area contributed by atoms with Crippen LogP contribution in [0.5, 0.6) is 0 Å². The average Bonchev–Trinajstić information content (AvgIpc) is 3.96. The predicted molar refractivity (Wildman–Crippen MR) is 302 cm³/mol. The molecule has 4 heterocycles. The molecular formula is C67H50BN3. The maximum atomic E-state index is 9.68. The van der Waals surface area contributed by atoms with E-state index in [0.29, 0.717) is 0 Å². The number of hydrogen-bond donors (Lipinski definition) is 0. The first kappa shape index (κ1) is 37.8. The van der Waals surface area contributed by atoms with Gasteiger partial charge in [0.25, 0.3) is 6.71 Å². The van der Waals surface area contributed by atoms with Gasteiger partial charge in [0, 0.05) is 58.0 Å². The van der Waals surface area contributed by atoms with Crippen LogP contribution in [0.15, 0.2) is 182 Å². The van der Waals surface area contributed by atoms with Gasteiger partial charge in [-0.25, -0.2) is 0 Å². The van der Waals surface area contributed by atoms with Crippen molar-refractivity contribution < 1.29 is 2.74 Å². The molecule has 16 rings (SSSR count). The van der Waals surface area contributed by atoms with Gasteiger partial charge in [-0.05, 0) is 143 Å². The van der Waals surface area contributed by atoms with Crippen LogP contribution in [0.2, 0.25) is 0 Å². The number of nitrogens with zero attached hydrogens (tertiary/aromatic N) is 3. The van der Waals surface area contributed by atoms with Gasteiger partial charge in [-0.1, -0.05) is 175 Å². The van der Waals surface area contributed by atoms with E-state index in [1.807, 2.05) is 27.7 Å². The predicted octanol–water partition coefficient (Wildman–Crippen LogP) is 15.8. The second kappa shape index (κ2) is 13.6. The smallest absolute Gasteiger partial charge is 0.252 e. The van der Waals surface area contributed by atoms with Crippen LogP contribution in [0.3, 0.4) is 0 Å². The van der Waals surface area contributed by atoms with Crippen molar-refractivity contribution >= 4 is 94.5 Å². The molecule has 71 heavy (non-hydrogen) atoms. The molecule has 4 heteroatoms. The van der Waals surface area contributed by atoms with E-state index in [-0.39, 0.29) is 12.1 Å². The van der Waals surface area contributed by atoms with Crippen molar-refractivity contribution in [2.24, 2.45) is 0 Å². The summed E-state index contributed by atoms with van der Waals surface area (Å²) < 4.78 is 24.3. The SMILES string of the molecule is [2H]C(C)(C)c1ccc2c(c1)B1c3c(cc(-n4c5cccc6c5c5c7c(cccc7ccc54)-c4ccccc4-6)cc3-n3c4c1cc(C([2H])(C)C)cc4c1ccc4c(c13)C(C)(C)c1ccccc1-4)N2c1ccccc1. The number of aromatic nitrogens is 2. The second-order valence-corrected chi connectivity index (χ2v) is 21.6. The van der Waals surface area contributed by atoms with Gasteiger partial charge in [0.2, 0.25) is 0 Å². The summed E-state index contributed by atoms with van der Waals surface area (Å²) in [6.45, 7) is 12.7. The Morgan fingerprint density at radius 2 is 1.13 bits per heavy atom. The van der Waals surface area contributed by atoms with Crippen LogP contribution in [-0.2, 0) is 5.41 Å². The molecule has 0 amide bonds. The highest BCUT2D eigenvalue weighted by Gasteiger charge is 2.45. The van der Waals surface area contributed by atoms with Gasteiger partial charge in [0.1, 0.15) is 0 Å². The number of para-hydroxylation sites is 1. The molecule has 12 aromatic rings. The van der Waals surface area contributed by atoms with Crippen LogP contribution in [-0.4, -0.2) is 15.8 Å². The molecule has 336 valence electrons. The van der Waals surface area contributed by atoms with Gasteiger partial charge in [-0.2, -0.15) is 0 Å². The molecule has 2 aromatic heterocycles. The van der Waals surface area contributed by atoms with E-state index in [1.54, 1.807) is 0 Å². The normalized spacial score (nSPS) is 15.1. The summed E-state index contributed by atoms with van der Waals surface area (Å²) in [6, 6.07) is 68.4. The van der Waals surface area contributed by atoms with Crippen molar-refractivity contribution in [3.8, 4) is 44.8 Å². The topological polar surface area (TPSA) is 13.1 Å². The summed E-state index contributed by atoms with van der Waals surface area (Å²) in [4.78, 5) is 2.50. The highest BCUT2D eigenvalue weighted by molar-refractivity contribution is 7.00. The average molecular weight is 910 g/mol. The first-order chi connectivity index (χ1) is 35.3. The fraction of sp³-hybridized carbons (Fsp3) is 0.134. The van der Waals surface area contributed by atoms with E-state index in [1.165, 1.54) is 115 Å². The summed E-state index contributed by atoms with van der Waals surface area (Å²) in [5.41, 5.74) is 26.0. The highest BCUT2D eigenvalue weighted by atomic mass is 15.2. The summed E-state index contributed by atoms with van der Waals surface area (Å²) >= 11 is 0. The van der Waals surface area contributed by atoms with Gasteiger partial charge >= 0.3 is 0 Å². The van der Waals surface area contributed by atoms with Crippen molar-refractivity contribution in [2.75, 3.05) is 4.90 Å². The lowest BCUT2D eigenvalue weighted by atomic mass is 9.33. The van der Waals surface area contributed by atoms with Crippen molar-refractivity contribution in [1.82, 2.24) is 9.13 Å². The maximum absolute atomic E-state index is 9.68. The molecule has 0 unspecified atom stereocenters. The molecule has 0 fully saturated rings. The molecule has 0 saturated heterocycles. The fourth-order valence-corrected chi connectivity index (χ4v) is 14.0. The molecule has 0 bridgehead atoms. The van der Waals surface area contributed by atoms with Crippen molar-refractivity contribution in [3.63, 3.8) is 0 Å². The Kier molecular flexibility index (Phi) is 7.24. The largest absolute Gasteiger partial charge is 0.311 e. The minimum atomic E-state index is -0.862. The van der Waals surface area contributed by atoms with Crippen LogP contribution in [0.1, 0.15) is 78.3 Å². The van der Waals surface area contributed by atoms with Crippen molar-refractivity contribution in [1.29, 1.82) is 0 Å². The molecule has 0 saturated carbocycles. The Balaban J connectivity index is 1.12. The van der Waals surface area contributed by atoms with E-state index in [0.717, 1.165) is 39.6 Å². The minimum absolute atomic E-state index is 0.186. The number of hydrogen-bond acceptors (Lipinski definition) is 1. The van der Waals surface area contributed by atoms with Crippen LogP contribution < -0.4 is 21.3 Å². The van der Waals surface area contributed by atoms with Gasteiger partial charge in [-0.15, -0.1) is 0 Å². The van der Waals surface area contributed by atoms with Crippen molar-refractivity contribution in [3.05, 3.63) is 204 Å². The molecule has 2 aliphatic heterocycles.